The lowest BCUT2D eigenvalue weighted by molar-refractivity contribution is -0.129. The second kappa shape index (κ2) is 4.72. The first-order chi connectivity index (χ1) is 8.25. The largest absolute Gasteiger partial charge is 0.300 e. The van der Waals surface area contributed by atoms with Crippen LogP contribution in [-0.4, -0.2) is 28.8 Å². The van der Waals surface area contributed by atoms with Crippen LogP contribution in [0.4, 0.5) is 0 Å². The second-order valence-corrected chi connectivity index (χ2v) is 6.42. The number of Topliss-reactive ketones (excluding diaryl/α,β-unsaturated/α-hetero) is 1. The van der Waals surface area contributed by atoms with E-state index >= 15 is 0 Å². The molecule has 2 heteroatoms. The van der Waals surface area contributed by atoms with Crippen LogP contribution in [0.15, 0.2) is 0 Å². The maximum absolute atomic E-state index is 11.7. The zero-order chi connectivity index (χ0) is 11.8. The van der Waals surface area contributed by atoms with E-state index in [4.69, 9.17) is 0 Å². The molecule has 0 aromatic rings. The van der Waals surface area contributed by atoms with Gasteiger partial charge in [-0.3, -0.25) is 9.69 Å². The van der Waals surface area contributed by atoms with Gasteiger partial charge in [-0.15, -0.1) is 0 Å². The van der Waals surface area contributed by atoms with Crippen molar-refractivity contribution in [2.45, 2.75) is 82.8 Å². The summed E-state index contributed by atoms with van der Waals surface area (Å²) in [6, 6.07) is 1.90. The van der Waals surface area contributed by atoms with Gasteiger partial charge in [-0.2, -0.15) is 0 Å². The highest BCUT2D eigenvalue weighted by Gasteiger charge is 2.41. The molecule has 2 heterocycles. The first-order valence-corrected chi connectivity index (χ1v) is 7.55. The molecular formula is C15H25NO. The van der Waals surface area contributed by atoms with Crippen LogP contribution in [0, 0.1) is 5.92 Å². The van der Waals surface area contributed by atoms with Crippen LogP contribution in [0.1, 0.15) is 64.7 Å². The number of piperidine rings is 2. The number of hydrogen-bond donors (Lipinski definition) is 0. The summed E-state index contributed by atoms with van der Waals surface area (Å²) in [6.07, 6.45) is 11.3. The molecule has 0 N–H and O–H groups in total. The van der Waals surface area contributed by atoms with Crippen LogP contribution < -0.4 is 0 Å². The Kier molecular flexibility index (Phi) is 3.25. The van der Waals surface area contributed by atoms with Crippen molar-refractivity contribution in [3.05, 3.63) is 0 Å². The molecule has 3 fully saturated rings. The molecule has 0 aromatic carbocycles. The minimum atomic E-state index is 0.523. The van der Waals surface area contributed by atoms with Crippen molar-refractivity contribution < 1.29 is 4.79 Å². The Morgan fingerprint density at radius 3 is 2.18 bits per heavy atom. The Hall–Kier alpha value is -0.370. The molecule has 2 bridgehead atoms. The number of nitrogens with zero attached hydrogens (tertiary/aromatic N) is 1. The van der Waals surface area contributed by atoms with Crippen molar-refractivity contribution in [2.75, 3.05) is 0 Å². The third kappa shape index (κ3) is 2.16. The van der Waals surface area contributed by atoms with Gasteiger partial charge in [0.25, 0.3) is 0 Å². The minimum Gasteiger partial charge on any atom is -0.300 e. The van der Waals surface area contributed by atoms with Crippen LogP contribution in [0.5, 0.6) is 0 Å². The topological polar surface area (TPSA) is 20.3 Å². The Labute approximate surface area is 105 Å². The summed E-state index contributed by atoms with van der Waals surface area (Å²) in [5.41, 5.74) is 0. The first kappa shape index (κ1) is 11.7. The summed E-state index contributed by atoms with van der Waals surface area (Å²) in [7, 11) is 0. The second-order valence-electron chi connectivity index (χ2n) is 6.42. The summed E-state index contributed by atoms with van der Waals surface area (Å²) in [5, 5.41) is 0. The average molecular weight is 235 g/mol. The molecule has 3 rings (SSSR count). The molecule has 2 aliphatic heterocycles. The van der Waals surface area contributed by atoms with E-state index in [2.05, 4.69) is 11.8 Å². The fourth-order valence-electron chi connectivity index (χ4n) is 4.56. The number of fused-ring (bicyclic) bond motifs is 2. The number of ketones is 1. The predicted molar refractivity (Wildman–Crippen MR) is 68.9 cm³/mol. The standard InChI is InChI=1S/C15H25NO/c1-11(12-5-2-3-6-12)16-13-7-4-8-14(16)10-15(17)9-13/h11-14H,2-10H2,1H3. The number of rotatable bonds is 2. The highest BCUT2D eigenvalue weighted by atomic mass is 16.1. The van der Waals surface area contributed by atoms with Crippen molar-refractivity contribution >= 4 is 5.78 Å². The van der Waals surface area contributed by atoms with E-state index in [-0.39, 0.29) is 0 Å². The van der Waals surface area contributed by atoms with Gasteiger partial charge in [-0.05, 0) is 38.5 Å². The van der Waals surface area contributed by atoms with Crippen molar-refractivity contribution in [3.63, 3.8) is 0 Å². The molecule has 1 saturated carbocycles. The first-order valence-electron chi connectivity index (χ1n) is 7.55. The summed E-state index contributed by atoms with van der Waals surface area (Å²) in [4.78, 5) is 14.5. The van der Waals surface area contributed by atoms with Crippen LogP contribution in [0.25, 0.3) is 0 Å². The van der Waals surface area contributed by atoms with Crippen LogP contribution in [0.3, 0.4) is 0 Å². The molecule has 0 radical (unpaired) electrons. The van der Waals surface area contributed by atoms with Crippen molar-refractivity contribution in [1.29, 1.82) is 0 Å². The molecule has 3 aliphatic rings. The molecule has 0 spiro atoms. The maximum atomic E-state index is 11.7. The van der Waals surface area contributed by atoms with E-state index < -0.39 is 0 Å². The van der Waals surface area contributed by atoms with Gasteiger partial charge in [0.15, 0.2) is 0 Å². The monoisotopic (exact) mass is 235 g/mol. The van der Waals surface area contributed by atoms with Crippen LogP contribution in [0.2, 0.25) is 0 Å². The van der Waals surface area contributed by atoms with Crippen LogP contribution in [-0.2, 0) is 4.79 Å². The molecule has 96 valence electrons. The van der Waals surface area contributed by atoms with E-state index in [1.807, 2.05) is 0 Å². The van der Waals surface area contributed by atoms with Gasteiger partial charge in [0.1, 0.15) is 5.78 Å². The Morgan fingerprint density at radius 1 is 1.00 bits per heavy atom. The summed E-state index contributed by atoms with van der Waals surface area (Å²) in [6.45, 7) is 2.43. The predicted octanol–water partition coefficient (Wildman–Crippen LogP) is 3.15. The average Bonchev–Trinajstić information content (AvgIpc) is 2.80. The number of carbonyl (C=O) groups excluding carboxylic acids is 1. The van der Waals surface area contributed by atoms with Gasteiger partial charge >= 0.3 is 0 Å². The fraction of sp³-hybridized carbons (Fsp3) is 0.933. The molecule has 0 amide bonds. The third-order valence-electron chi connectivity index (χ3n) is 5.40. The SMILES string of the molecule is CC(C1CCCC1)N1C2CCCC1CC(=O)C2. The minimum absolute atomic E-state index is 0.523. The lowest BCUT2D eigenvalue weighted by Crippen LogP contribution is -2.57. The van der Waals surface area contributed by atoms with E-state index in [0.29, 0.717) is 17.9 Å². The van der Waals surface area contributed by atoms with E-state index in [9.17, 15) is 4.79 Å². The van der Waals surface area contributed by atoms with Gasteiger partial charge < -0.3 is 0 Å². The summed E-state index contributed by atoms with van der Waals surface area (Å²) < 4.78 is 0. The normalized spacial score (nSPS) is 37.4. The molecule has 0 aromatic heterocycles. The lowest BCUT2D eigenvalue weighted by atomic mass is 9.80. The quantitative estimate of drug-likeness (QED) is 0.733. The highest BCUT2D eigenvalue weighted by molar-refractivity contribution is 5.80. The Morgan fingerprint density at radius 2 is 1.59 bits per heavy atom. The van der Waals surface area contributed by atoms with Gasteiger partial charge in [-0.1, -0.05) is 19.3 Å². The number of carbonyl (C=O) groups is 1. The van der Waals surface area contributed by atoms with E-state index in [1.54, 1.807) is 0 Å². The van der Waals surface area contributed by atoms with Gasteiger partial charge in [0.05, 0.1) is 0 Å². The summed E-state index contributed by atoms with van der Waals surface area (Å²) in [5.74, 6) is 1.43. The Balaban J connectivity index is 1.74. The van der Waals surface area contributed by atoms with Crippen LogP contribution >= 0.6 is 0 Å². The smallest absolute Gasteiger partial charge is 0.136 e. The van der Waals surface area contributed by atoms with Crippen molar-refractivity contribution in [2.24, 2.45) is 5.92 Å². The highest BCUT2D eigenvalue weighted by Crippen LogP contribution is 2.39. The van der Waals surface area contributed by atoms with Crippen molar-refractivity contribution in [1.82, 2.24) is 4.90 Å². The van der Waals surface area contributed by atoms with Crippen molar-refractivity contribution in [3.8, 4) is 0 Å². The molecular weight excluding hydrogens is 210 g/mol. The molecule has 2 nitrogen and oxygen atoms in total. The molecule has 3 atom stereocenters. The maximum Gasteiger partial charge on any atom is 0.136 e. The van der Waals surface area contributed by atoms with Gasteiger partial charge in [-0.25, -0.2) is 0 Å². The molecule has 3 unspecified atom stereocenters. The summed E-state index contributed by atoms with van der Waals surface area (Å²) >= 11 is 0. The molecule has 2 saturated heterocycles. The lowest BCUT2D eigenvalue weighted by Gasteiger charge is -2.50. The molecule has 17 heavy (non-hydrogen) atoms. The molecule has 1 aliphatic carbocycles. The fourth-order valence-corrected chi connectivity index (χ4v) is 4.56. The zero-order valence-electron chi connectivity index (χ0n) is 11.0. The Bertz CT molecular complexity index is 279. The van der Waals surface area contributed by atoms with Gasteiger partial charge in [0, 0.05) is 31.0 Å². The third-order valence-corrected chi connectivity index (χ3v) is 5.40. The number of hydrogen-bond acceptors (Lipinski definition) is 2. The zero-order valence-corrected chi connectivity index (χ0v) is 11.0. The van der Waals surface area contributed by atoms with E-state index in [0.717, 1.165) is 24.8 Å². The van der Waals surface area contributed by atoms with E-state index in [1.165, 1.54) is 44.9 Å². The van der Waals surface area contributed by atoms with Gasteiger partial charge in [0.2, 0.25) is 0 Å².